The number of hydrogen-bond acceptors (Lipinski definition) is 3. The molecule has 2 aliphatic heterocycles. The minimum Gasteiger partial charge on any atom is -0.491 e. The average molecular weight is 247 g/mol. The molecular formula is C15H21NO2. The minimum atomic E-state index is -0.222. The van der Waals surface area contributed by atoms with E-state index in [0.717, 1.165) is 31.6 Å². The molecule has 2 unspecified atom stereocenters. The third-order valence-electron chi connectivity index (χ3n) is 4.02. The number of benzene rings is 1. The lowest BCUT2D eigenvalue weighted by atomic mass is 9.85. The molecule has 0 saturated carbocycles. The van der Waals surface area contributed by atoms with Gasteiger partial charge in [-0.25, -0.2) is 0 Å². The second kappa shape index (κ2) is 4.90. The lowest BCUT2D eigenvalue weighted by Gasteiger charge is -2.35. The molecule has 1 saturated heterocycles. The smallest absolute Gasteiger partial charge is 0.122 e. The van der Waals surface area contributed by atoms with Crippen molar-refractivity contribution in [3.8, 4) is 5.75 Å². The molecule has 3 rings (SSSR count). The van der Waals surface area contributed by atoms with Crippen molar-refractivity contribution in [2.45, 2.75) is 43.7 Å². The fourth-order valence-electron chi connectivity index (χ4n) is 2.92. The number of rotatable bonds is 3. The summed E-state index contributed by atoms with van der Waals surface area (Å²) in [5, 5.41) is 0. The van der Waals surface area contributed by atoms with Crippen LogP contribution in [0.2, 0.25) is 0 Å². The highest BCUT2D eigenvalue weighted by molar-refractivity contribution is 5.36. The number of nitrogens with two attached hydrogens (primary N) is 1. The van der Waals surface area contributed by atoms with E-state index in [1.165, 1.54) is 18.4 Å². The summed E-state index contributed by atoms with van der Waals surface area (Å²) < 4.78 is 11.5. The van der Waals surface area contributed by atoms with Crippen LogP contribution in [-0.4, -0.2) is 24.9 Å². The van der Waals surface area contributed by atoms with Crippen LogP contribution in [0.3, 0.4) is 0 Å². The molecule has 1 aromatic carbocycles. The van der Waals surface area contributed by atoms with Gasteiger partial charge in [0.15, 0.2) is 0 Å². The van der Waals surface area contributed by atoms with Gasteiger partial charge in [0, 0.05) is 6.61 Å². The molecule has 2 N–H and O–H groups in total. The predicted molar refractivity (Wildman–Crippen MR) is 70.8 cm³/mol. The molecule has 0 aromatic heterocycles. The Morgan fingerprint density at radius 3 is 3.06 bits per heavy atom. The summed E-state index contributed by atoms with van der Waals surface area (Å²) in [6.07, 6.45) is 5.75. The first kappa shape index (κ1) is 12.0. The molecule has 2 heterocycles. The average Bonchev–Trinajstić information content (AvgIpc) is 2.90. The highest BCUT2D eigenvalue weighted by Crippen LogP contribution is 2.31. The molecular weight excluding hydrogens is 226 g/mol. The molecule has 0 amide bonds. The van der Waals surface area contributed by atoms with Crippen molar-refractivity contribution >= 4 is 0 Å². The standard InChI is InChI=1S/C15H21NO2/c16-15(8-7-13-5-3-9-17-13)10-12-4-1-2-6-14(12)18-11-15/h1-2,4,6,13H,3,5,7-11,16H2. The van der Waals surface area contributed by atoms with E-state index in [9.17, 15) is 0 Å². The Morgan fingerprint density at radius 1 is 1.33 bits per heavy atom. The highest BCUT2D eigenvalue weighted by atomic mass is 16.5. The Morgan fingerprint density at radius 2 is 2.22 bits per heavy atom. The number of fused-ring (bicyclic) bond motifs is 1. The summed E-state index contributed by atoms with van der Waals surface area (Å²) in [6, 6.07) is 8.19. The molecule has 2 atom stereocenters. The van der Waals surface area contributed by atoms with Gasteiger partial charge in [-0.05, 0) is 43.7 Å². The quantitative estimate of drug-likeness (QED) is 0.891. The van der Waals surface area contributed by atoms with Crippen LogP contribution in [0.5, 0.6) is 5.75 Å². The normalized spacial score (nSPS) is 30.8. The summed E-state index contributed by atoms with van der Waals surface area (Å²) in [4.78, 5) is 0. The van der Waals surface area contributed by atoms with Gasteiger partial charge in [-0.15, -0.1) is 0 Å². The third-order valence-corrected chi connectivity index (χ3v) is 4.02. The van der Waals surface area contributed by atoms with E-state index in [1.807, 2.05) is 18.2 Å². The van der Waals surface area contributed by atoms with Crippen molar-refractivity contribution in [1.82, 2.24) is 0 Å². The topological polar surface area (TPSA) is 44.5 Å². The number of para-hydroxylation sites is 1. The molecule has 2 aliphatic rings. The first-order valence-corrected chi connectivity index (χ1v) is 6.86. The summed E-state index contributed by atoms with van der Waals surface area (Å²) in [5.74, 6) is 0.996. The molecule has 98 valence electrons. The van der Waals surface area contributed by atoms with Crippen molar-refractivity contribution in [3.63, 3.8) is 0 Å². The van der Waals surface area contributed by atoms with Crippen molar-refractivity contribution in [3.05, 3.63) is 29.8 Å². The van der Waals surface area contributed by atoms with Crippen LogP contribution in [0.4, 0.5) is 0 Å². The van der Waals surface area contributed by atoms with Gasteiger partial charge >= 0.3 is 0 Å². The van der Waals surface area contributed by atoms with Crippen LogP contribution >= 0.6 is 0 Å². The first-order valence-electron chi connectivity index (χ1n) is 6.86. The van der Waals surface area contributed by atoms with E-state index < -0.39 is 0 Å². The van der Waals surface area contributed by atoms with Crippen molar-refractivity contribution in [2.24, 2.45) is 5.73 Å². The maximum atomic E-state index is 6.47. The van der Waals surface area contributed by atoms with Gasteiger partial charge in [0.1, 0.15) is 12.4 Å². The Bertz CT molecular complexity index is 415. The van der Waals surface area contributed by atoms with Crippen molar-refractivity contribution in [2.75, 3.05) is 13.2 Å². The van der Waals surface area contributed by atoms with E-state index in [-0.39, 0.29) is 5.54 Å². The predicted octanol–water partition coefficient (Wildman–Crippen LogP) is 2.28. The lowest BCUT2D eigenvalue weighted by Crippen LogP contribution is -2.50. The largest absolute Gasteiger partial charge is 0.491 e. The molecule has 0 aliphatic carbocycles. The van der Waals surface area contributed by atoms with Gasteiger partial charge < -0.3 is 15.2 Å². The van der Waals surface area contributed by atoms with Crippen LogP contribution in [0.15, 0.2) is 24.3 Å². The third kappa shape index (κ3) is 2.52. The van der Waals surface area contributed by atoms with Crippen LogP contribution < -0.4 is 10.5 Å². The lowest BCUT2D eigenvalue weighted by molar-refractivity contribution is 0.0875. The summed E-state index contributed by atoms with van der Waals surface area (Å²) >= 11 is 0. The zero-order chi connectivity index (χ0) is 12.4. The first-order chi connectivity index (χ1) is 8.75. The monoisotopic (exact) mass is 247 g/mol. The molecule has 3 nitrogen and oxygen atoms in total. The van der Waals surface area contributed by atoms with Gasteiger partial charge in [-0.3, -0.25) is 0 Å². The maximum absolute atomic E-state index is 6.47. The second-order valence-corrected chi connectivity index (χ2v) is 5.61. The highest BCUT2D eigenvalue weighted by Gasteiger charge is 2.32. The minimum absolute atomic E-state index is 0.222. The van der Waals surface area contributed by atoms with E-state index in [2.05, 4.69) is 6.07 Å². The Balaban J connectivity index is 1.62. The van der Waals surface area contributed by atoms with E-state index in [0.29, 0.717) is 12.7 Å². The fourth-order valence-corrected chi connectivity index (χ4v) is 2.92. The van der Waals surface area contributed by atoms with Gasteiger partial charge in [0.25, 0.3) is 0 Å². The maximum Gasteiger partial charge on any atom is 0.122 e. The van der Waals surface area contributed by atoms with E-state index in [1.54, 1.807) is 0 Å². The van der Waals surface area contributed by atoms with Crippen molar-refractivity contribution < 1.29 is 9.47 Å². The zero-order valence-electron chi connectivity index (χ0n) is 10.7. The SMILES string of the molecule is NC1(CCC2CCCO2)COc2ccccc2C1. The van der Waals surface area contributed by atoms with Crippen molar-refractivity contribution in [1.29, 1.82) is 0 Å². The number of hydrogen-bond donors (Lipinski definition) is 1. The Hall–Kier alpha value is -1.06. The van der Waals surface area contributed by atoms with Crippen LogP contribution in [0.1, 0.15) is 31.2 Å². The molecule has 18 heavy (non-hydrogen) atoms. The van der Waals surface area contributed by atoms with Gasteiger partial charge in [-0.2, -0.15) is 0 Å². The Labute approximate surface area is 108 Å². The van der Waals surface area contributed by atoms with Gasteiger partial charge in [-0.1, -0.05) is 18.2 Å². The Kier molecular flexibility index (Phi) is 3.27. The van der Waals surface area contributed by atoms with Gasteiger partial charge in [0.05, 0.1) is 11.6 Å². The number of ether oxygens (including phenoxy) is 2. The molecule has 0 radical (unpaired) electrons. The van der Waals surface area contributed by atoms with E-state index >= 15 is 0 Å². The van der Waals surface area contributed by atoms with Crippen LogP contribution in [-0.2, 0) is 11.2 Å². The molecule has 1 fully saturated rings. The summed E-state index contributed by atoms with van der Waals surface area (Å²) in [6.45, 7) is 1.54. The zero-order valence-corrected chi connectivity index (χ0v) is 10.7. The summed E-state index contributed by atoms with van der Waals surface area (Å²) in [5.41, 5.74) is 7.48. The fraction of sp³-hybridized carbons (Fsp3) is 0.600. The molecule has 1 aromatic rings. The molecule has 3 heteroatoms. The van der Waals surface area contributed by atoms with Crippen LogP contribution in [0.25, 0.3) is 0 Å². The van der Waals surface area contributed by atoms with Gasteiger partial charge in [0.2, 0.25) is 0 Å². The molecule has 0 bridgehead atoms. The second-order valence-electron chi connectivity index (χ2n) is 5.61. The summed E-state index contributed by atoms with van der Waals surface area (Å²) in [7, 11) is 0. The molecule has 0 spiro atoms. The van der Waals surface area contributed by atoms with E-state index in [4.69, 9.17) is 15.2 Å². The van der Waals surface area contributed by atoms with Crippen LogP contribution in [0, 0.1) is 0 Å².